The van der Waals surface area contributed by atoms with Crippen molar-refractivity contribution < 1.29 is 13.2 Å². The first-order valence-corrected chi connectivity index (χ1v) is 11.1. The quantitative estimate of drug-likeness (QED) is 0.492. The normalized spacial score (nSPS) is 11.5. The third-order valence-electron chi connectivity index (χ3n) is 4.02. The van der Waals surface area contributed by atoms with E-state index in [1.807, 2.05) is 0 Å². The van der Waals surface area contributed by atoms with Crippen molar-refractivity contribution in [1.29, 1.82) is 0 Å². The Labute approximate surface area is 175 Å². The predicted octanol–water partition coefficient (Wildman–Crippen LogP) is 4.31. The Morgan fingerprint density at radius 2 is 1.69 bits per heavy atom. The number of halogens is 1. The number of nitrogens with one attached hydrogen (secondary N) is 1. The second-order valence-electron chi connectivity index (χ2n) is 6.07. The first-order valence-electron chi connectivity index (χ1n) is 8.36. The summed E-state index contributed by atoms with van der Waals surface area (Å²) >= 11 is 7.10. The zero-order valence-corrected chi connectivity index (χ0v) is 17.4. The van der Waals surface area contributed by atoms with Crippen LogP contribution < -0.4 is 15.0 Å². The van der Waals surface area contributed by atoms with Crippen LogP contribution in [-0.4, -0.2) is 17.8 Å². The number of fused-ring (bicyclic) bond motifs is 1. The number of thiazole rings is 1. The third-order valence-corrected chi connectivity index (χ3v) is 6.54. The van der Waals surface area contributed by atoms with Gasteiger partial charge in [0.2, 0.25) is 0 Å². The molecule has 0 atom stereocenters. The lowest BCUT2D eigenvalue weighted by Crippen LogP contribution is -2.27. The van der Waals surface area contributed by atoms with Gasteiger partial charge >= 0.3 is 0 Å². The number of hydrogen-bond donors (Lipinski definition) is 1. The van der Waals surface area contributed by atoms with E-state index in [1.165, 1.54) is 28.9 Å². The zero-order valence-electron chi connectivity index (χ0n) is 15.0. The van der Waals surface area contributed by atoms with Gasteiger partial charge in [0.05, 0.1) is 5.69 Å². The molecule has 148 valence electrons. The molecule has 29 heavy (non-hydrogen) atoms. The molecule has 2 aromatic heterocycles. The molecule has 0 spiro atoms. The van der Waals surface area contributed by atoms with Crippen molar-refractivity contribution in [2.24, 2.45) is 0 Å². The van der Waals surface area contributed by atoms with E-state index in [2.05, 4.69) is 9.71 Å². The Morgan fingerprint density at radius 1 is 1.07 bits per heavy atom. The average Bonchev–Trinajstić information content (AvgIpc) is 3.13. The smallest absolute Gasteiger partial charge is 0.279 e. The Morgan fingerprint density at radius 3 is 2.34 bits per heavy atom. The van der Waals surface area contributed by atoms with Gasteiger partial charge in [0, 0.05) is 22.3 Å². The number of sulfonamides is 1. The summed E-state index contributed by atoms with van der Waals surface area (Å²) in [5, 5.41) is 2.27. The van der Waals surface area contributed by atoms with Crippen molar-refractivity contribution in [3.8, 4) is 11.5 Å². The topological polar surface area (TPSA) is 89.8 Å². The van der Waals surface area contributed by atoms with Crippen molar-refractivity contribution in [3.63, 3.8) is 0 Å². The summed E-state index contributed by atoms with van der Waals surface area (Å²) in [6, 6.07) is 13.2. The van der Waals surface area contributed by atoms with Crippen LogP contribution in [0.15, 0.2) is 69.8 Å². The highest BCUT2D eigenvalue weighted by atomic mass is 35.5. The fourth-order valence-electron chi connectivity index (χ4n) is 2.71. The maximum Gasteiger partial charge on any atom is 0.279 e. The van der Waals surface area contributed by atoms with Crippen molar-refractivity contribution in [3.05, 3.63) is 81.2 Å². The largest absolute Gasteiger partial charge is 0.457 e. The molecule has 0 fully saturated rings. The van der Waals surface area contributed by atoms with Crippen LogP contribution in [0.1, 0.15) is 5.69 Å². The van der Waals surface area contributed by atoms with E-state index in [9.17, 15) is 13.2 Å². The minimum absolute atomic E-state index is 0.146. The SMILES string of the molecule is Cc1nc2sccn2c(=O)c1S(=O)(=O)Nc1ccc(Oc2ccc(Cl)cc2)cc1. The molecule has 4 aromatic rings. The summed E-state index contributed by atoms with van der Waals surface area (Å²) in [6.45, 7) is 1.50. The maximum absolute atomic E-state index is 12.8. The van der Waals surface area contributed by atoms with E-state index >= 15 is 0 Å². The molecule has 10 heteroatoms. The van der Waals surface area contributed by atoms with Crippen molar-refractivity contribution in [1.82, 2.24) is 9.38 Å². The number of aromatic nitrogens is 2. The molecule has 0 amide bonds. The number of anilines is 1. The Hall–Kier alpha value is -2.88. The van der Waals surface area contributed by atoms with Crippen molar-refractivity contribution in [2.45, 2.75) is 11.8 Å². The third kappa shape index (κ3) is 3.98. The molecule has 0 saturated carbocycles. The lowest BCUT2D eigenvalue weighted by molar-refractivity contribution is 0.483. The minimum atomic E-state index is -4.12. The second-order valence-corrected chi connectivity index (χ2v) is 9.00. The Bertz CT molecular complexity index is 1350. The van der Waals surface area contributed by atoms with Gasteiger partial charge in [-0.1, -0.05) is 11.6 Å². The number of rotatable bonds is 5. The molecule has 0 radical (unpaired) electrons. The number of ether oxygens (including phenoxy) is 1. The van der Waals surface area contributed by atoms with E-state index in [4.69, 9.17) is 16.3 Å². The van der Waals surface area contributed by atoms with Crippen LogP contribution in [0.4, 0.5) is 5.69 Å². The first kappa shape index (κ1) is 19.4. The number of benzene rings is 2. The van der Waals surface area contributed by atoms with E-state index in [1.54, 1.807) is 53.9 Å². The van der Waals surface area contributed by atoms with Gasteiger partial charge in [-0.05, 0) is 55.5 Å². The average molecular weight is 448 g/mol. The second kappa shape index (κ2) is 7.51. The van der Waals surface area contributed by atoms with Gasteiger partial charge in [0.1, 0.15) is 11.5 Å². The summed E-state index contributed by atoms with van der Waals surface area (Å²) in [4.78, 5) is 16.9. The molecule has 4 rings (SSSR count). The summed E-state index contributed by atoms with van der Waals surface area (Å²) in [6.07, 6.45) is 1.50. The summed E-state index contributed by atoms with van der Waals surface area (Å²) < 4.78 is 34.9. The number of hydrogen-bond acceptors (Lipinski definition) is 6. The van der Waals surface area contributed by atoms with E-state index in [-0.39, 0.29) is 10.6 Å². The lowest BCUT2D eigenvalue weighted by Gasteiger charge is -2.11. The van der Waals surface area contributed by atoms with Crippen LogP contribution in [-0.2, 0) is 10.0 Å². The molecule has 0 saturated heterocycles. The molecular weight excluding hydrogens is 434 g/mol. The molecule has 0 aliphatic carbocycles. The highest BCUT2D eigenvalue weighted by molar-refractivity contribution is 7.92. The molecule has 2 heterocycles. The number of nitrogens with zero attached hydrogens (tertiary/aromatic N) is 2. The molecule has 7 nitrogen and oxygen atoms in total. The van der Waals surface area contributed by atoms with Gasteiger partial charge in [-0.15, -0.1) is 11.3 Å². The van der Waals surface area contributed by atoms with E-state index < -0.39 is 15.6 Å². The van der Waals surface area contributed by atoms with Gasteiger partial charge in [-0.3, -0.25) is 13.9 Å². The van der Waals surface area contributed by atoms with Crippen LogP contribution in [0.5, 0.6) is 11.5 Å². The van der Waals surface area contributed by atoms with Gasteiger partial charge in [-0.2, -0.15) is 0 Å². The molecule has 2 aromatic carbocycles. The number of aryl methyl sites for hydroxylation is 1. The van der Waals surface area contributed by atoms with Crippen molar-refractivity contribution >= 4 is 43.6 Å². The molecular formula is C19H14ClN3O4S2. The highest BCUT2D eigenvalue weighted by Crippen LogP contribution is 2.25. The fraction of sp³-hybridized carbons (Fsp3) is 0.0526. The first-order chi connectivity index (χ1) is 13.8. The fourth-order valence-corrected chi connectivity index (χ4v) is 4.90. The molecule has 0 bridgehead atoms. The van der Waals surface area contributed by atoms with E-state index in [0.717, 1.165) is 0 Å². The predicted molar refractivity (Wildman–Crippen MR) is 113 cm³/mol. The van der Waals surface area contributed by atoms with Crippen LogP contribution in [0.2, 0.25) is 5.02 Å². The van der Waals surface area contributed by atoms with Gasteiger partial charge < -0.3 is 4.74 Å². The molecule has 0 aliphatic heterocycles. The van der Waals surface area contributed by atoms with Gasteiger partial charge in [-0.25, -0.2) is 13.4 Å². The Balaban J connectivity index is 1.59. The van der Waals surface area contributed by atoms with Gasteiger partial charge in [0.25, 0.3) is 15.6 Å². The van der Waals surface area contributed by atoms with Crippen LogP contribution in [0, 0.1) is 6.92 Å². The Kier molecular flexibility index (Phi) is 5.03. The van der Waals surface area contributed by atoms with Crippen LogP contribution >= 0.6 is 22.9 Å². The summed E-state index contributed by atoms with van der Waals surface area (Å²) in [5.74, 6) is 1.12. The summed E-state index contributed by atoms with van der Waals surface area (Å²) in [5.41, 5.74) is -0.195. The highest BCUT2D eigenvalue weighted by Gasteiger charge is 2.24. The van der Waals surface area contributed by atoms with Gasteiger partial charge in [0.15, 0.2) is 9.86 Å². The summed E-state index contributed by atoms with van der Waals surface area (Å²) in [7, 11) is -4.12. The minimum Gasteiger partial charge on any atom is -0.457 e. The molecule has 0 unspecified atom stereocenters. The monoisotopic (exact) mass is 447 g/mol. The lowest BCUT2D eigenvalue weighted by atomic mass is 10.3. The van der Waals surface area contributed by atoms with E-state index in [0.29, 0.717) is 27.2 Å². The standard InChI is InChI=1S/C19H14ClN3O4S2/c1-12-17(18(24)23-10-11-28-19(23)21-12)29(25,26)22-14-4-8-16(9-5-14)27-15-6-2-13(20)3-7-15/h2-11,22H,1H3. The molecule has 1 N–H and O–H groups in total. The molecule has 0 aliphatic rings. The van der Waals surface area contributed by atoms with Crippen molar-refractivity contribution in [2.75, 3.05) is 4.72 Å². The maximum atomic E-state index is 12.8. The van der Waals surface area contributed by atoms with Crippen LogP contribution in [0.3, 0.4) is 0 Å². The zero-order chi connectivity index (χ0) is 20.6. The van der Waals surface area contributed by atoms with Crippen LogP contribution in [0.25, 0.3) is 4.96 Å².